The molecular weight excluding hydrogens is 238 g/mol. The van der Waals surface area contributed by atoms with Crippen molar-refractivity contribution in [3.05, 3.63) is 12.0 Å². The predicted octanol–water partition coefficient (Wildman–Crippen LogP) is 1.83. The van der Waals surface area contributed by atoms with Crippen LogP contribution < -0.4 is 4.72 Å². The van der Waals surface area contributed by atoms with Crippen LogP contribution in [0.5, 0.6) is 0 Å². The van der Waals surface area contributed by atoms with Crippen LogP contribution >= 0.6 is 0 Å². The fourth-order valence-corrected chi connectivity index (χ4v) is 2.92. The standard InChI is InChI=1S/C11H21N3O2S/c1-5-9-12-8-10(13-9)17(15,16)14-11(4,6-2)7-3/h8,14H,5-7H2,1-4H3,(H,12,13). The van der Waals surface area contributed by atoms with Crippen molar-refractivity contribution in [1.82, 2.24) is 14.7 Å². The van der Waals surface area contributed by atoms with Crippen LogP contribution in [0.15, 0.2) is 11.2 Å². The summed E-state index contributed by atoms with van der Waals surface area (Å²) >= 11 is 0. The van der Waals surface area contributed by atoms with Crippen LogP contribution in [0.1, 0.15) is 46.4 Å². The number of nitrogens with one attached hydrogen (secondary N) is 2. The van der Waals surface area contributed by atoms with Gasteiger partial charge in [-0.25, -0.2) is 18.1 Å². The summed E-state index contributed by atoms with van der Waals surface area (Å²) < 4.78 is 26.9. The Labute approximate surface area is 103 Å². The van der Waals surface area contributed by atoms with Crippen LogP contribution in [0.2, 0.25) is 0 Å². The van der Waals surface area contributed by atoms with E-state index in [1.807, 2.05) is 27.7 Å². The van der Waals surface area contributed by atoms with Gasteiger partial charge in [-0.1, -0.05) is 20.8 Å². The molecular formula is C11H21N3O2S. The normalized spacial score (nSPS) is 12.9. The smallest absolute Gasteiger partial charge is 0.258 e. The Bertz CT molecular complexity index is 461. The van der Waals surface area contributed by atoms with E-state index in [2.05, 4.69) is 14.7 Å². The van der Waals surface area contributed by atoms with E-state index < -0.39 is 15.6 Å². The summed E-state index contributed by atoms with van der Waals surface area (Å²) in [6, 6.07) is 0. The SMILES string of the molecule is CCc1ncc(S(=O)(=O)NC(C)(CC)CC)[nH]1. The average molecular weight is 259 g/mol. The molecule has 0 bridgehead atoms. The number of aryl methyl sites for hydroxylation is 1. The van der Waals surface area contributed by atoms with E-state index in [1.165, 1.54) is 6.20 Å². The van der Waals surface area contributed by atoms with Gasteiger partial charge in [-0.2, -0.15) is 0 Å². The first-order chi connectivity index (χ1) is 7.87. The zero-order valence-electron chi connectivity index (χ0n) is 10.9. The zero-order valence-corrected chi connectivity index (χ0v) is 11.7. The molecule has 0 saturated carbocycles. The Hall–Kier alpha value is -0.880. The highest BCUT2D eigenvalue weighted by Gasteiger charge is 2.28. The van der Waals surface area contributed by atoms with Gasteiger partial charge < -0.3 is 4.98 Å². The minimum atomic E-state index is -3.50. The highest BCUT2D eigenvalue weighted by Crippen LogP contribution is 2.18. The summed E-state index contributed by atoms with van der Waals surface area (Å²) in [6.45, 7) is 7.76. The Kier molecular flexibility index (Phi) is 4.32. The third-order valence-electron chi connectivity index (χ3n) is 3.17. The lowest BCUT2D eigenvalue weighted by molar-refractivity contribution is 0.388. The molecule has 0 aliphatic heterocycles. The maximum atomic E-state index is 12.1. The summed E-state index contributed by atoms with van der Waals surface area (Å²) in [5.74, 6) is 0.681. The summed E-state index contributed by atoms with van der Waals surface area (Å²) in [4.78, 5) is 6.82. The van der Waals surface area contributed by atoms with Gasteiger partial charge in [-0.05, 0) is 19.8 Å². The van der Waals surface area contributed by atoms with Gasteiger partial charge in [0.25, 0.3) is 10.0 Å². The number of hydrogen-bond donors (Lipinski definition) is 2. The Balaban J connectivity index is 2.96. The van der Waals surface area contributed by atoms with Crippen molar-refractivity contribution in [2.75, 3.05) is 0 Å². The Morgan fingerprint density at radius 3 is 2.35 bits per heavy atom. The number of hydrogen-bond acceptors (Lipinski definition) is 3. The molecule has 98 valence electrons. The fraction of sp³-hybridized carbons (Fsp3) is 0.727. The van der Waals surface area contributed by atoms with E-state index in [0.717, 1.165) is 12.8 Å². The highest BCUT2D eigenvalue weighted by molar-refractivity contribution is 7.89. The molecule has 5 nitrogen and oxygen atoms in total. The number of nitrogens with zero attached hydrogens (tertiary/aromatic N) is 1. The van der Waals surface area contributed by atoms with Gasteiger partial charge in [0.15, 0.2) is 5.03 Å². The van der Waals surface area contributed by atoms with E-state index in [4.69, 9.17) is 0 Å². The van der Waals surface area contributed by atoms with Crippen LogP contribution in [0.25, 0.3) is 0 Å². The Morgan fingerprint density at radius 1 is 1.35 bits per heavy atom. The van der Waals surface area contributed by atoms with Gasteiger partial charge in [0.1, 0.15) is 5.82 Å². The van der Waals surface area contributed by atoms with E-state index in [9.17, 15) is 8.42 Å². The van der Waals surface area contributed by atoms with Crippen molar-refractivity contribution in [3.8, 4) is 0 Å². The second kappa shape index (κ2) is 5.18. The van der Waals surface area contributed by atoms with Gasteiger partial charge in [0.05, 0.1) is 6.20 Å². The minimum absolute atomic E-state index is 0.141. The third kappa shape index (κ3) is 3.29. The van der Waals surface area contributed by atoms with E-state index in [0.29, 0.717) is 12.2 Å². The van der Waals surface area contributed by atoms with Gasteiger partial charge in [-0.3, -0.25) is 0 Å². The number of imidazole rings is 1. The number of H-pyrrole nitrogens is 1. The first-order valence-electron chi connectivity index (χ1n) is 5.94. The fourth-order valence-electron chi connectivity index (χ4n) is 1.43. The summed E-state index contributed by atoms with van der Waals surface area (Å²) in [5, 5.41) is 0.141. The zero-order chi connectivity index (χ0) is 13.1. The number of aromatic amines is 1. The van der Waals surface area contributed by atoms with Crippen LogP contribution in [-0.2, 0) is 16.4 Å². The molecule has 0 aromatic carbocycles. The quantitative estimate of drug-likeness (QED) is 0.818. The van der Waals surface area contributed by atoms with Crippen molar-refractivity contribution in [1.29, 1.82) is 0 Å². The molecule has 1 aromatic rings. The van der Waals surface area contributed by atoms with Gasteiger partial charge in [0.2, 0.25) is 0 Å². The van der Waals surface area contributed by atoms with Gasteiger partial charge in [0, 0.05) is 12.0 Å². The van der Waals surface area contributed by atoms with E-state index >= 15 is 0 Å². The van der Waals surface area contributed by atoms with E-state index in [1.54, 1.807) is 0 Å². The topological polar surface area (TPSA) is 74.8 Å². The number of rotatable bonds is 6. The molecule has 0 fully saturated rings. The summed E-state index contributed by atoms with van der Waals surface area (Å²) in [7, 11) is -3.50. The van der Waals surface area contributed by atoms with Crippen LogP contribution in [0, 0.1) is 0 Å². The lowest BCUT2D eigenvalue weighted by Crippen LogP contribution is -2.44. The Morgan fingerprint density at radius 2 is 1.94 bits per heavy atom. The lowest BCUT2D eigenvalue weighted by Gasteiger charge is -2.27. The van der Waals surface area contributed by atoms with Gasteiger partial charge in [-0.15, -0.1) is 0 Å². The molecule has 17 heavy (non-hydrogen) atoms. The molecule has 0 aliphatic carbocycles. The molecule has 6 heteroatoms. The average Bonchev–Trinajstić information content (AvgIpc) is 2.77. The monoisotopic (exact) mass is 259 g/mol. The van der Waals surface area contributed by atoms with Crippen LogP contribution in [-0.4, -0.2) is 23.9 Å². The molecule has 0 amide bonds. The maximum Gasteiger partial charge on any atom is 0.258 e. The summed E-state index contributed by atoms with van der Waals surface area (Å²) in [6.07, 6.45) is 3.55. The molecule has 0 atom stereocenters. The molecule has 2 N–H and O–H groups in total. The second-order valence-electron chi connectivity index (χ2n) is 4.42. The molecule has 0 radical (unpaired) electrons. The van der Waals surface area contributed by atoms with E-state index in [-0.39, 0.29) is 5.03 Å². The molecule has 1 aromatic heterocycles. The van der Waals surface area contributed by atoms with Crippen molar-refractivity contribution in [2.45, 2.75) is 57.5 Å². The largest absolute Gasteiger partial charge is 0.332 e. The molecule has 1 heterocycles. The first kappa shape index (κ1) is 14.2. The van der Waals surface area contributed by atoms with Crippen molar-refractivity contribution < 1.29 is 8.42 Å². The van der Waals surface area contributed by atoms with Crippen molar-refractivity contribution >= 4 is 10.0 Å². The molecule has 0 spiro atoms. The molecule has 0 aliphatic rings. The second-order valence-corrected chi connectivity index (χ2v) is 6.07. The minimum Gasteiger partial charge on any atom is -0.332 e. The predicted molar refractivity (Wildman–Crippen MR) is 67.3 cm³/mol. The van der Waals surface area contributed by atoms with Crippen LogP contribution in [0.3, 0.4) is 0 Å². The summed E-state index contributed by atoms with van der Waals surface area (Å²) in [5.41, 5.74) is -0.406. The molecule has 0 saturated heterocycles. The van der Waals surface area contributed by atoms with Gasteiger partial charge >= 0.3 is 0 Å². The van der Waals surface area contributed by atoms with Crippen LogP contribution in [0.4, 0.5) is 0 Å². The maximum absolute atomic E-state index is 12.1. The molecule has 1 rings (SSSR count). The molecule has 0 unspecified atom stereocenters. The first-order valence-corrected chi connectivity index (χ1v) is 7.43. The lowest BCUT2D eigenvalue weighted by atomic mass is 9.98. The highest BCUT2D eigenvalue weighted by atomic mass is 32.2. The number of sulfonamides is 1. The number of aromatic nitrogens is 2. The third-order valence-corrected chi connectivity index (χ3v) is 4.72. The van der Waals surface area contributed by atoms with Crippen molar-refractivity contribution in [2.24, 2.45) is 0 Å². The van der Waals surface area contributed by atoms with Crippen molar-refractivity contribution in [3.63, 3.8) is 0 Å².